The summed E-state index contributed by atoms with van der Waals surface area (Å²) >= 11 is 1.62. The molecule has 0 aliphatic rings. The maximum Gasteiger partial charge on any atom is 0.221 e. The fourth-order valence-electron chi connectivity index (χ4n) is 1.14. The molecule has 1 rings (SSSR count). The van der Waals surface area contributed by atoms with Crippen molar-refractivity contribution in [3.8, 4) is 0 Å². The van der Waals surface area contributed by atoms with E-state index in [4.69, 9.17) is 0 Å². The lowest BCUT2D eigenvalue weighted by atomic mass is 10.4. The van der Waals surface area contributed by atoms with Crippen molar-refractivity contribution in [2.24, 2.45) is 0 Å². The highest BCUT2D eigenvalue weighted by Gasteiger charge is 2.02. The van der Waals surface area contributed by atoms with Gasteiger partial charge in [0.1, 0.15) is 0 Å². The van der Waals surface area contributed by atoms with Crippen molar-refractivity contribution in [3.63, 3.8) is 0 Å². The van der Waals surface area contributed by atoms with Gasteiger partial charge in [-0.05, 0) is 13.5 Å². The number of thiazole rings is 1. The maximum absolute atomic E-state index is 11.3. The van der Waals surface area contributed by atoms with Gasteiger partial charge in [-0.25, -0.2) is 4.98 Å². The van der Waals surface area contributed by atoms with Gasteiger partial charge in [0.2, 0.25) is 5.91 Å². The molecule has 0 aliphatic heterocycles. The molecule has 0 radical (unpaired) electrons. The normalized spacial score (nSPS) is 10.3. The lowest BCUT2D eigenvalue weighted by Crippen LogP contribution is -2.26. The largest absolute Gasteiger partial charge is 0.351 e. The van der Waals surface area contributed by atoms with E-state index in [1.165, 1.54) is 0 Å². The minimum atomic E-state index is 0.0852. The summed E-state index contributed by atoms with van der Waals surface area (Å²) in [5, 5.41) is 7.01. The van der Waals surface area contributed by atoms with E-state index < -0.39 is 0 Å². The number of hydrogen-bond acceptors (Lipinski definition) is 4. The third kappa shape index (κ3) is 4.90. The average Bonchev–Trinajstić information content (AvgIpc) is 2.62. The molecule has 0 saturated carbocycles. The van der Waals surface area contributed by atoms with Crippen molar-refractivity contribution in [2.45, 2.75) is 26.8 Å². The van der Waals surface area contributed by atoms with Crippen molar-refractivity contribution in [2.75, 3.05) is 13.1 Å². The molecule has 4 nitrogen and oxygen atoms in total. The van der Waals surface area contributed by atoms with Crippen LogP contribution in [-0.4, -0.2) is 24.0 Å². The molecule has 0 bridgehead atoms. The zero-order valence-corrected chi connectivity index (χ0v) is 9.99. The van der Waals surface area contributed by atoms with Crippen LogP contribution >= 0.6 is 11.3 Å². The summed E-state index contributed by atoms with van der Waals surface area (Å²) in [6, 6.07) is 0. The first-order chi connectivity index (χ1) is 7.22. The molecule has 0 unspecified atom stereocenters. The minimum Gasteiger partial charge on any atom is -0.351 e. The monoisotopic (exact) mass is 227 g/mol. The molecule has 0 aromatic carbocycles. The van der Waals surface area contributed by atoms with E-state index in [0.717, 1.165) is 23.0 Å². The average molecular weight is 227 g/mol. The summed E-state index contributed by atoms with van der Waals surface area (Å²) in [6.07, 6.45) is 2.34. The first-order valence-electron chi connectivity index (χ1n) is 5.11. The van der Waals surface area contributed by atoms with Gasteiger partial charge < -0.3 is 10.6 Å². The Morgan fingerprint density at radius 3 is 3.00 bits per heavy atom. The van der Waals surface area contributed by atoms with E-state index in [0.29, 0.717) is 13.0 Å². The molecule has 1 aromatic rings. The van der Waals surface area contributed by atoms with Crippen LogP contribution in [0.3, 0.4) is 0 Å². The van der Waals surface area contributed by atoms with Crippen LogP contribution in [0.2, 0.25) is 0 Å². The van der Waals surface area contributed by atoms with E-state index >= 15 is 0 Å². The molecule has 15 heavy (non-hydrogen) atoms. The van der Waals surface area contributed by atoms with Gasteiger partial charge in [-0.3, -0.25) is 4.79 Å². The highest BCUT2D eigenvalue weighted by atomic mass is 32.1. The number of amides is 1. The van der Waals surface area contributed by atoms with Crippen LogP contribution in [-0.2, 0) is 11.3 Å². The summed E-state index contributed by atoms with van der Waals surface area (Å²) in [6.45, 7) is 6.22. The van der Waals surface area contributed by atoms with Crippen molar-refractivity contribution < 1.29 is 4.79 Å². The Morgan fingerprint density at radius 2 is 2.40 bits per heavy atom. The van der Waals surface area contributed by atoms with Crippen LogP contribution in [0.5, 0.6) is 0 Å². The third-order valence-corrected chi connectivity index (χ3v) is 2.82. The van der Waals surface area contributed by atoms with Crippen LogP contribution < -0.4 is 10.6 Å². The second-order valence-electron chi connectivity index (χ2n) is 3.23. The van der Waals surface area contributed by atoms with E-state index in [1.54, 1.807) is 11.3 Å². The second kappa shape index (κ2) is 6.53. The fourth-order valence-corrected chi connectivity index (χ4v) is 1.87. The van der Waals surface area contributed by atoms with E-state index in [9.17, 15) is 4.79 Å². The Balaban J connectivity index is 2.16. The summed E-state index contributed by atoms with van der Waals surface area (Å²) in [5.74, 6) is 0.0852. The number of rotatable bonds is 6. The SMILES string of the molecule is CCNCCC(=O)NCc1cnc(C)s1. The number of nitrogens with one attached hydrogen (secondary N) is 2. The molecule has 0 fully saturated rings. The van der Waals surface area contributed by atoms with Gasteiger partial charge in [0.15, 0.2) is 0 Å². The molecule has 1 heterocycles. The molecular weight excluding hydrogens is 210 g/mol. The van der Waals surface area contributed by atoms with Gasteiger partial charge >= 0.3 is 0 Å². The number of hydrogen-bond donors (Lipinski definition) is 2. The van der Waals surface area contributed by atoms with Gasteiger partial charge in [0, 0.05) is 24.0 Å². The number of aryl methyl sites for hydroxylation is 1. The van der Waals surface area contributed by atoms with Crippen molar-refractivity contribution in [1.29, 1.82) is 0 Å². The standard InChI is InChI=1S/C10H17N3OS/c1-3-11-5-4-10(14)13-7-9-6-12-8(2)15-9/h6,11H,3-5,7H2,1-2H3,(H,13,14). The van der Waals surface area contributed by atoms with Gasteiger partial charge in [-0.2, -0.15) is 0 Å². The van der Waals surface area contributed by atoms with Crippen LogP contribution in [0.25, 0.3) is 0 Å². The Labute approximate surface area is 94.1 Å². The number of nitrogens with zero attached hydrogens (tertiary/aromatic N) is 1. The van der Waals surface area contributed by atoms with E-state index in [2.05, 4.69) is 15.6 Å². The van der Waals surface area contributed by atoms with Crippen molar-refractivity contribution in [1.82, 2.24) is 15.6 Å². The zero-order chi connectivity index (χ0) is 11.1. The highest BCUT2D eigenvalue weighted by molar-refractivity contribution is 7.11. The lowest BCUT2D eigenvalue weighted by Gasteiger charge is -2.03. The summed E-state index contributed by atoms with van der Waals surface area (Å²) in [5.41, 5.74) is 0. The second-order valence-corrected chi connectivity index (χ2v) is 4.55. The number of aromatic nitrogens is 1. The fraction of sp³-hybridized carbons (Fsp3) is 0.600. The molecule has 5 heteroatoms. The number of carbonyl (C=O) groups is 1. The molecule has 2 N–H and O–H groups in total. The van der Waals surface area contributed by atoms with Crippen LogP contribution in [0.4, 0.5) is 0 Å². The Kier molecular flexibility index (Phi) is 5.28. The van der Waals surface area contributed by atoms with Crippen LogP contribution in [0.1, 0.15) is 23.2 Å². The van der Waals surface area contributed by atoms with Crippen molar-refractivity contribution >= 4 is 17.2 Å². The number of carbonyl (C=O) groups excluding carboxylic acids is 1. The van der Waals surface area contributed by atoms with Gasteiger partial charge in [0.05, 0.1) is 11.6 Å². The van der Waals surface area contributed by atoms with Crippen LogP contribution in [0, 0.1) is 6.92 Å². The highest BCUT2D eigenvalue weighted by Crippen LogP contribution is 2.10. The Morgan fingerprint density at radius 1 is 1.60 bits per heavy atom. The Bertz CT molecular complexity index is 311. The molecular formula is C10H17N3OS. The first-order valence-corrected chi connectivity index (χ1v) is 5.92. The molecule has 1 aromatic heterocycles. The molecule has 84 valence electrons. The van der Waals surface area contributed by atoms with Gasteiger partial charge in [0.25, 0.3) is 0 Å². The molecule has 0 aliphatic carbocycles. The molecule has 0 spiro atoms. The quantitative estimate of drug-likeness (QED) is 0.715. The Hall–Kier alpha value is -0.940. The summed E-state index contributed by atoms with van der Waals surface area (Å²) < 4.78 is 0. The smallest absolute Gasteiger partial charge is 0.221 e. The molecule has 0 saturated heterocycles. The third-order valence-electron chi connectivity index (χ3n) is 1.91. The summed E-state index contributed by atoms with van der Waals surface area (Å²) in [7, 11) is 0. The predicted molar refractivity (Wildman–Crippen MR) is 61.9 cm³/mol. The predicted octanol–water partition coefficient (Wildman–Crippen LogP) is 1.07. The topological polar surface area (TPSA) is 54.0 Å². The maximum atomic E-state index is 11.3. The minimum absolute atomic E-state index is 0.0852. The van der Waals surface area contributed by atoms with Gasteiger partial charge in [-0.15, -0.1) is 11.3 Å². The molecule has 0 atom stereocenters. The first kappa shape index (κ1) is 12.1. The molecule has 1 amide bonds. The summed E-state index contributed by atoms with van der Waals surface area (Å²) in [4.78, 5) is 16.6. The van der Waals surface area contributed by atoms with E-state index in [-0.39, 0.29) is 5.91 Å². The zero-order valence-electron chi connectivity index (χ0n) is 9.17. The van der Waals surface area contributed by atoms with Crippen LogP contribution in [0.15, 0.2) is 6.20 Å². The lowest BCUT2D eigenvalue weighted by molar-refractivity contribution is -0.121. The van der Waals surface area contributed by atoms with Gasteiger partial charge in [-0.1, -0.05) is 6.92 Å². The van der Waals surface area contributed by atoms with Crippen molar-refractivity contribution in [3.05, 3.63) is 16.1 Å². The van der Waals surface area contributed by atoms with E-state index in [1.807, 2.05) is 20.0 Å².